The molecule has 0 amide bonds. The highest BCUT2D eigenvalue weighted by Crippen LogP contribution is 2.12. The molecule has 0 saturated heterocycles. The summed E-state index contributed by atoms with van der Waals surface area (Å²) >= 11 is 0. The van der Waals surface area contributed by atoms with Crippen LogP contribution in [0.3, 0.4) is 0 Å². The average Bonchev–Trinajstić information content (AvgIpc) is 2.00. The minimum absolute atomic E-state index is 0.434. The average molecular weight is 193 g/mol. The van der Waals surface area contributed by atoms with Crippen LogP contribution < -0.4 is 5.32 Å². The molecular weight excluding hydrogens is 170 g/mol. The van der Waals surface area contributed by atoms with E-state index in [-0.39, 0.29) is 0 Å². The first-order valence-corrected chi connectivity index (χ1v) is 5.24. The summed E-state index contributed by atoms with van der Waals surface area (Å²) in [7, 11) is 0. The van der Waals surface area contributed by atoms with Gasteiger partial charge in [-0.25, -0.2) is 0 Å². The molecule has 0 aromatic rings. The standard InChI is InChI=1S/C13H23N/c1-7-13(8-10(2)3)9-12(6)14-11(4)5/h7,9-11,14H,1,6,8H2,2-5H3/b13-9+. The maximum absolute atomic E-state index is 3.95. The normalized spacial score (nSPS) is 12.0. The smallest absolute Gasteiger partial charge is 0.0271 e. The Morgan fingerprint density at radius 1 is 1.29 bits per heavy atom. The van der Waals surface area contributed by atoms with Crippen molar-refractivity contribution in [3.63, 3.8) is 0 Å². The van der Waals surface area contributed by atoms with Crippen LogP contribution in [0.4, 0.5) is 0 Å². The minimum Gasteiger partial charge on any atom is -0.383 e. The zero-order valence-corrected chi connectivity index (χ0v) is 9.93. The number of nitrogens with one attached hydrogen (secondary N) is 1. The van der Waals surface area contributed by atoms with Gasteiger partial charge in [0.25, 0.3) is 0 Å². The first-order valence-electron chi connectivity index (χ1n) is 5.24. The molecule has 0 saturated carbocycles. The van der Waals surface area contributed by atoms with Crippen molar-refractivity contribution in [1.82, 2.24) is 5.32 Å². The van der Waals surface area contributed by atoms with Crippen LogP contribution in [-0.2, 0) is 0 Å². The fourth-order valence-electron chi connectivity index (χ4n) is 1.31. The van der Waals surface area contributed by atoms with E-state index in [4.69, 9.17) is 0 Å². The molecule has 0 atom stereocenters. The predicted molar refractivity (Wildman–Crippen MR) is 65.1 cm³/mol. The number of allylic oxidation sites excluding steroid dienone is 3. The Morgan fingerprint density at radius 2 is 1.86 bits per heavy atom. The molecule has 80 valence electrons. The first-order chi connectivity index (χ1) is 6.45. The van der Waals surface area contributed by atoms with Crippen LogP contribution in [0.2, 0.25) is 0 Å². The summed E-state index contributed by atoms with van der Waals surface area (Å²) in [4.78, 5) is 0. The third kappa shape index (κ3) is 6.53. The number of hydrogen-bond acceptors (Lipinski definition) is 1. The lowest BCUT2D eigenvalue weighted by Crippen LogP contribution is -2.20. The zero-order chi connectivity index (χ0) is 11.1. The third-order valence-electron chi connectivity index (χ3n) is 1.74. The van der Waals surface area contributed by atoms with Crippen LogP contribution in [0.25, 0.3) is 0 Å². The highest BCUT2D eigenvalue weighted by atomic mass is 14.9. The second kappa shape index (κ2) is 6.47. The van der Waals surface area contributed by atoms with Gasteiger partial charge in [-0.15, -0.1) is 0 Å². The van der Waals surface area contributed by atoms with Crippen LogP contribution in [0.1, 0.15) is 34.1 Å². The maximum Gasteiger partial charge on any atom is 0.0271 e. The van der Waals surface area contributed by atoms with Crippen molar-refractivity contribution in [3.05, 3.63) is 36.6 Å². The van der Waals surface area contributed by atoms with Gasteiger partial charge in [0.1, 0.15) is 0 Å². The van der Waals surface area contributed by atoms with Gasteiger partial charge in [0.15, 0.2) is 0 Å². The Balaban J connectivity index is 4.28. The molecule has 0 aliphatic rings. The lowest BCUT2D eigenvalue weighted by Gasteiger charge is -2.11. The number of hydrogen-bond donors (Lipinski definition) is 1. The summed E-state index contributed by atoms with van der Waals surface area (Å²) < 4.78 is 0. The van der Waals surface area contributed by atoms with Gasteiger partial charge >= 0.3 is 0 Å². The van der Waals surface area contributed by atoms with E-state index in [0.29, 0.717) is 12.0 Å². The lowest BCUT2D eigenvalue weighted by molar-refractivity contribution is 0.646. The summed E-state index contributed by atoms with van der Waals surface area (Å²) in [5.41, 5.74) is 2.22. The van der Waals surface area contributed by atoms with Gasteiger partial charge in [0, 0.05) is 11.7 Å². The molecule has 0 aliphatic carbocycles. The topological polar surface area (TPSA) is 12.0 Å². The molecule has 0 bridgehead atoms. The molecule has 0 unspecified atom stereocenters. The Kier molecular flexibility index (Phi) is 6.02. The molecular formula is C13H23N. The summed E-state index contributed by atoms with van der Waals surface area (Å²) in [6.45, 7) is 16.4. The summed E-state index contributed by atoms with van der Waals surface area (Å²) in [6, 6.07) is 0.434. The zero-order valence-electron chi connectivity index (χ0n) is 9.93. The summed E-state index contributed by atoms with van der Waals surface area (Å²) in [6.07, 6.45) is 5.04. The molecule has 0 aromatic heterocycles. The molecule has 0 aliphatic heterocycles. The molecule has 0 aromatic carbocycles. The van der Waals surface area contributed by atoms with Gasteiger partial charge < -0.3 is 5.32 Å². The van der Waals surface area contributed by atoms with E-state index in [9.17, 15) is 0 Å². The van der Waals surface area contributed by atoms with Gasteiger partial charge in [0.2, 0.25) is 0 Å². The minimum atomic E-state index is 0.434. The van der Waals surface area contributed by atoms with Gasteiger partial charge in [-0.1, -0.05) is 33.1 Å². The Morgan fingerprint density at radius 3 is 2.21 bits per heavy atom. The van der Waals surface area contributed by atoms with E-state index < -0.39 is 0 Å². The van der Waals surface area contributed by atoms with Crippen molar-refractivity contribution >= 4 is 0 Å². The molecule has 1 N–H and O–H groups in total. The van der Waals surface area contributed by atoms with Crippen LogP contribution in [-0.4, -0.2) is 6.04 Å². The Bertz CT molecular complexity index is 221. The van der Waals surface area contributed by atoms with Gasteiger partial charge in [-0.3, -0.25) is 0 Å². The monoisotopic (exact) mass is 193 g/mol. The molecule has 1 nitrogen and oxygen atoms in total. The summed E-state index contributed by atoms with van der Waals surface area (Å²) in [5, 5.41) is 3.26. The summed E-state index contributed by atoms with van der Waals surface area (Å²) in [5.74, 6) is 0.658. The highest BCUT2D eigenvalue weighted by molar-refractivity contribution is 5.26. The highest BCUT2D eigenvalue weighted by Gasteiger charge is 1.99. The lowest BCUT2D eigenvalue weighted by atomic mass is 10.0. The molecule has 0 spiro atoms. The van der Waals surface area contributed by atoms with Crippen molar-refractivity contribution in [2.75, 3.05) is 0 Å². The SMILES string of the molecule is C=C/C(=C\C(=C)NC(C)C)CC(C)C. The van der Waals surface area contributed by atoms with Crippen LogP contribution in [0, 0.1) is 5.92 Å². The predicted octanol–water partition coefficient (Wildman–Crippen LogP) is 3.66. The van der Waals surface area contributed by atoms with E-state index in [1.54, 1.807) is 0 Å². The largest absolute Gasteiger partial charge is 0.383 e. The molecule has 1 heteroatoms. The molecule has 0 heterocycles. The Hall–Kier alpha value is -0.980. The number of rotatable bonds is 6. The van der Waals surface area contributed by atoms with Crippen molar-refractivity contribution in [3.8, 4) is 0 Å². The molecule has 14 heavy (non-hydrogen) atoms. The first kappa shape index (κ1) is 13.0. The quantitative estimate of drug-likeness (QED) is 0.635. The van der Waals surface area contributed by atoms with Crippen LogP contribution in [0.5, 0.6) is 0 Å². The maximum atomic E-state index is 3.95. The van der Waals surface area contributed by atoms with E-state index >= 15 is 0 Å². The van der Waals surface area contributed by atoms with Gasteiger partial charge in [0.05, 0.1) is 0 Å². The van der Waals surface area contributed by atoms with Crippen LogP contribution >= 0.6 is 0 Å². The van der Waals surface area contributed by atoms with E-state index in [1.165, 1.54) is 5.57 Å². The Labute approximate surface area is 88.6 Å². The fourth-order valence-corrected chi connectivity index (χ4v) is 1.31. The van der Waals surface area contributed by atoms with E-state index in [2.05, 4.69) is 52.2 Å². The van der Waals surface area contributed by atoms with E-state index in [0.717, 1.165) is 12.1 Å². The second-order valence-corrected chi connectivity index (χ2v) is 4.35. The van der Waals surface area contributed by atoms with Gasteiger partial charge in [-0.2, -0.15) is 0 Å². The van der Waals surface area contributed by atoms with Crippen molar-refractivity contribution in [2.24, 2.45) is 5.92 Å². The molecule has 0 fully saturated rings. The van der Waals surface area contributed by atoms with Gasteiger partial charge in [-0.05, 0) is 37.8 Å². The van der Waals surface area contributed by atoms with Crippen molar-refractivity contribution in [1.29, 1.82) is 0 Å². The fraction of sp³-hybridized carbons (Fsp3) is 0.538. The van der Waals surface area contributed by atoms with Crippen molar-refractivity contribution < 1.29 is 0 Å². The molecule has 0 rings (SSSR count). The van der Waals surface area contributed by atoms with E-state index in [1.807, 2.05) is 6.08 Å². The molecule has 0 radical (unpaired) electrons. The van der Waals surface area contributed by atoms with Crippen molar-refractivity contribution in [2.45, 2.75) is 40.2 Å². The second-order valence-electron chi connectivity index (χ2n) is 4.35. The van der Waals surface area contributed by atoms with Crippen LogP contribution in [0.15, 0.2) is 36.6 Å². The third-order valence-corrected chi connectivity index (χ3v) is 1.74.